The topological polar surface area (TPSA) is 40.5 Å². The van der Waals surface area contributed by atoms with Crippen LogP contribution in [0.5, 0.6) is 0 Å². The van der Waals surface area contributed by atoms with Crippen LogP contribution in [0.3, 0.4) is 0 Å². The summed E-state index contributed by atoms with van der Waals surface area (Å²) in [4.78, 5) is 13.5. The third kappa shape index (κ3) is 3.54. The van der Waals surface area contributed by atoms with E-state index >= 15 is 0 Å². The molecular weight excluding hydrogens is 234 g/mol. The number of halogens is 1. The van der Waals surface area contributed by atoms with E-state index < -0.39 is 0 Å². The van der Waals surface area contributed by atoms with Gasteiger partial charge in [0.15, 0.2) is 0 Å². The van der Waals surface area contributed by atoms with Gasteiger partial charge in [0.25, 0.3) is 0 Å². The Balaban J connectivity index is 2.49. The molecule has 3 nitrogen and oxygen atoms in total. The van der Waals surface area contributed by atoms with Gasteiger partial charge in [-0.2, -0.15) is 11.8 Å². The normalized spacial score (nSPS) is 23.5. The Labute approximate surface area is 100 Å². The number of rotatable bonds is 6. The van der Waals surface area contributed by atoms with Crippen LogP contribution in [-0.4, -0.2) is 53.0 Å². The number of carbonyl (C=O) groups is 1. The van der Waals surface area contributed by atoms with E-state index in [9.17, 15) is 9.90 Å². The molecule has 2 atom stereocenters. The zero-order valence-electron chi connectivity index (χ0n) is 8.99. The van der Waals surface area contributed by atoms with Crippen LogP contribution in [0.25, 0.3) is 0 Å². The Morgan fingerprint density at radius 1 is 1.73 bits per heavy atom. The lowest BCUT2D eigenvalue weighted by atomic mass is 10.1. The number of nitrogens with zero attached hydrogens (tertiary/aromatic N) is 1. The van der Waals surface area contributed by atoms with Crippen molar-refractivity contribution in [2.24, 2.45) is 5.92 Å². The first-order valence-corrected chi connectivity index (χ1v) is 7.11. The lowest BCUT2D eigenvalue weighted by molar-refractivity contribution is -0.130. The van der Waals surface area contributed by atoms with E-state index in [1.165, 1.54) is 0 Å². The van der Waals surface area contributed by atoms with Crippen LogP contribution in [0, 0.1) is 5.92 Å². The largest absolute Gasteiger partial charge is 0.394 e. The maximum absolute atomic E-state index is 11.7. The fourth-order valence-corrected chi connectivity index (χ4v) is 2.58. The fraction of sp³-hybridized carbons (Fsp3) is 0.900. The van der Waals surface area contributed by atoms with Crippen LogP contribution >= 0.6 is 23.4 Å². The molecule has 1 amide bonds. The molecule has 1 heterocycles. The Morgan fingerprint density at radius 3 is 2.93 bits per heavy atom. The Kier molecular flexibility index (Phi) is 5.79. The standard InChI is InChI=1S/C10H18ClNO2S/c1-15-3-2-9(7-13)12-6-8(5-11)4-10(12)14/h8-9,13H,2-7H2,1H3/t8?,9-/m0/s1. The molecule has 1 aliphatic heterocycles. The first-order valence-electron chi connectivity index (χ1n) is 5.18. The molecule has 0 aromatic heterocycles. The minimum Gasteiger partial charge on any atom is -0.394 e. The molecule has 0 aromatic carbocycles. The van der Waals surface area contributed by atoms with Crippen molar-refractivity contribution >= 4 is 29.3 Å². The zero-order chi connectivity index (χ0) is 11.3. The maximum Gasteiger partial charge on any atom is 0.223 e. The number of aliphatic hydroxyl groups excluding tert-OH is 1. The monoisotopic (exact) mass is 251 g/mol. The molecule has 1 N–H and O–H groups in total. The second kappa shape index (κ2) is 6.61. The second-order valence-electron chi connectivity index (χ2n) is 3.89. The minimum atomic E-state index is -0.0156. The number of aliphatic hydroxyl groups is 1. The van der Waals surface area contributed by atoms with Crippen LogP contribution in [0.2, 0.25) is 0 Å². The van der Waals surface area contributed by atoms with Gasteiger partial charge in [-0.05, 0) is 24.3 Å². The summed E-state index contributed by atoms with van der Waals surface area (Å²) in [5, 5.41) is 9.25. The van der Waals surface area contributed by atoms with E-state index in [2.05, 4.69) is 0 Å². The molecule has 0 saturated carbocycles. The summed E-state index contributed by atoms with van der Waals surface area (Å²) in [6.45, 7) is 0.767. The van der Waals surface area contributed by atoms with Crippen molar-refractivity contribution in [1.29, 1.82) is 0 Å². The first-order chi connectivity index (χ1) is 7.22. The quantitative estimate of drug-likeness (QED) is 0.721. The molecule has 0 radical (unpaired) electrons. The number of thioether (sulfide) groups is 1. The van der Waals surface area contributed by atoms with E-state index in [1.54, 1.807) is 16.7 Å². The third-order valence-electron chi connectivity index (χ3n) is 2.76. The number of carbonyl (C=O) groups excluding carboxylic acids is 1. The Hall–Kier alpha value is 0.0700. The van der Waals surface area contributed by atoms with Crippen LogP contribution in [0.15, 0.2) is 0 Å². The van der Waals surface area contributed by atoms with Crippen molar-refractivity contribution < 1.29 is 9.90 Å². The number of hydrogen-bond donors (Lipinski definition) is 1. The molecule has 15 heavy (non-hydrogen) atoms. The van der Waals surface area contributed by atoms with Crippen LogP contribution in [0.1, 0.15) is 12.8 Å². The van der Waals surface area contributed by atoms with E-state index in [4.69, 9.17) is 11.6 Å². The van der Waals surface area contributed by atoms with Crippen LogP contribution < -0.4 is 0 Å². The highest BCUT2D eigenvalue weighted by Gasteiger charge is 2.33. The van der Waals surface area contributed by atoms with Gasteiger partial charge in [-0.15, -0.1) is 11.6 Å². The van der Waals surface area contributed by atoms with Gasteiger partial charge >= 0.3 is 0 Å². The highest BCUT2D eigenvalue weighted by atomic mass is 35.5. The van der Waals surface area contributed by atoms with Crippen molar-refractivity contribution in [3.63, 3.8) is 0 Å². The smallest absolute Gasteiger partial charge is 0.223 e. The van der Waals surface area contributed by atoms with Gasteiger partial charge in [0.2, 0.25) is 5.91 Å². The summed E-state index contributed by atoms with van der Waals surface area (Å²) in [5.41, 5.74) is 0. The summed E-state index contributed by atoms with van der Waals surface area (Å²) in [6.07, 6.45) is 3.43. The highest BCUT2D eigenvalue weighted by molar-refractivity contribution is 7.98. The Morgan fingerprint density at radius 2 is 2.47 bits per heavy atom. The van der Waals surface area contributed by atoms with Gasteiger partial charge in [-0.1, -0.05) is 0 Å². The van der Waals surface area contributed by atoms with E-state index in [0.717, 1.165) is 12.2 Å². The molecule has 1 unspecified atom stereocenters. The predicted molar refractivity (Wildman–Crippen MR) is 64.4 cm³/mol. The van der Waals surface area contributed by atoms with Crippen LogP contribution in [-0.2, 0) is 4.79 Å². The molecule has 0 aliphatic carbocycles. The third-order valence-corrected chi connectivity index (χ3v) is 3.84. The fourth-order valence-electron chi connectivity index (χ4n) is 1.86. The molecule has 1 rings (SSSR count). The number of hydrogen-bond acceptors (Lipinski definition) is 3. The number of alkyl halides is 1. The molecule has 5 heteroatoms. The molecular formula is C10H18ClNO2S. The average Bonchev–Trinajstić information content (AvgIpc) is 2.61. The molecule has 1 fully saturated rings. The summed E-state index contributed by atoms with van der Waals surface area (Å²) >= 11 is 7.48. The van der Waals surface area contributed by atoms with Gasteiger partial charge in [-0.3, -0.25) is 4.79 Å². The summed E-state index contributed by atoms with van der Waals surface area (Å²) in [6, 6.07) is -0.0156. The average molecular weight is 252 g/mol. The van der Waals surface area contributed by atoms with E-state index in [-0.39, 0.29) is 24.5 Å². The zero-order valence-corrected chi connectivity index (χ0v) is 10.6. The lowest BCUT2D eigenvalue weighted by Gasteiger charge is -2.26. The van der Waals surface area contributed by atoms with Gasteiger partial charge in [-0.25, -0.2) is 0 Å². The molecule has 88 valence electrons. The van der Waals surface area contributed by atoms with Crippen molar-refractivity contribution in [1.82, 2.24) is 4.90 Å². The molecule has 1 aliphatic rings. The molecule has 0 spiro atoms. The van der Waals surface area contributed by atoms with Gasteiger partial charge in [0, 0.05) is 18.8 Å². The predicted octanol–water partition coefficient (Wildman–Crippen LogP) is 1.19. The summed E-state index contributed by atoms with van der Waals surface area (Å²) in [5.74, 6) is 1.91. The first kappa shape index (κ1) is 13.1. The van der Waals surface area contributed by atoms with Crippen molar-refractivity contribution in [3.05, 3.63) is 0 Å². The number of likely N-dealkylation sites (tertiary alicyclic amines) is 1. The SMILES string of the molecule is CSCC[C@@H](CO)N1CC(CCl)CC1=O. The highest BCUT2D eigenvalue weighted by Crippen LogP contribution is 2.22. The van der Waals surface area contributed by atoms with E-state index in [0.29, 0.717) is 18.8 Å². The molecule has 0 aromatic rings. The summed E-state index contributed by atoms with van der Waals surface area (Å²) in [7, 11) is 0. The van der Waals surface area contributed by atoms with Gasteiger partial charge < -0.3 is 10.0 Å². The van der Waals surface area contributed by atoms with E-state index in [1.807, 2.05) is 6.26 Å². The van der Waals surface area contributed by atoms with Crippen molar-refractivity contribution in [2.45, 2.75) is 18.9 Å². The molecule has 0 bridgehead atoms. The number of amides is 1. The Bertz CT molecular complexity index is 216. The maximum atomic E-state index is 11.7. The van der Waals surface area contributed by atoms with Gasteiger partial charge in [0.1, 0.15) is 0 Å². The summed E-state index contributed by atoms with van der Waals surface area (Å²) < 4.78 is 0. The minimum absolute atomic E-state index is 0.0156. The van der Waals surface area contributed by atoms with Gasteiger partial charge in [0.05, 0.1) is 12.6 Å². The lowest BCUT2D eigenvalue weighted by Crippen LogP contribution is -2.39. The van der Waals surface area contributed by atoms with Crippen molar-refractivity contribution in [3.8, 4) is 0 Å². The molecule has 1 saturated heterocycles. The second-order valence-corrected chi connectivity index (χ2v) is 5.18. The van der Waals surface area contributed by atoms with Crippen molar-refractivity contribution in [2.75, 3.05) is 31.0 Å². The van der Waals surface area contributed by atoms with Crippen LogP contribution in [0.4, 0.5) is 0 Å².